The standard InChI is InChI=1S/C37H55N5O8/c1-35(2,3)48-30(43)17-16-29(33(46)50-37(7,8)9)42-34(47)41-28(32(45)49-36(4,5)6)13-11-10-12-19-40-31(44)27(38)22-24-14-15-25-18-20-39-23-26(25)21-24/h11,13-15,18,20-21,23,27-29H,10,12,16-17,19,22,38H2,1-9H3,(H,40,44)(H2,41,42,47)/b13-11+/t27-,28+,29+/m1/s1. The van der Waals surface area contributed by atoms with Crippen LogP contribution in [-0.2, 0) is 39.8 Å². The summed E-state index contributed by atoms with van der Waals surface area (Å²) in [6.45, 7) is 15.7. The Morgan fingerprint density at radius 1 is 0.840 bits per heavy atom. The summed E-state index contributed by atoms with van der Waals surface area (Å²) in [4.78, 5) is 68.1. The zero-order chi connectivity index (χ0) is 37.7. The van der Waals surface area contributed by atoms with E-state index in [2.05, 4.69) is 20.9 Å². The molecule has 0 aliphatic carbocycles. The highest BCUT2D eigenvalue weighted by atomic mass is 16.6. The number of carbonyl (C=O) groups excluding carboxylic acids is 5. The van der Waals surface area contributed by atoms with Crippen LogP contribution in [0, 0.1) is 0 Å². The lowest BCUT2D eigenvalue weighted by Crippen LogP contribution is -2.52. The van der Waals surface area contributed by atoms with Crippen LogP contribution in [-0.4, -0.2) is 76.3 Å². The molecule has 0 bridgehead atoms. The fourth-order valence-electron chi connectivity index (χ4n) is 4.57. The number of benzene rings is 1. The van der Waals surface area contributed by atoms with Crippen LogP contribution >= 0.6 is 0 Å². The highest BCUT2D eigenvalue weighted by molar-refractivity contribution is 5.88. The number of urea groups is 1. The van der Waals surface area contributed by atoms with Crippen molar-refractivity contribution in [2.24, 2.45) is 5.73 Å². The van der Waals surface area contributed by atoms with Crippen LogP contribution in [0.15, 0.2) is 48.8 Å². The summed E-state index contributed by atoms with van der Waals surface area (Å²) in [6, 6.07) is 3.84. The van der Waals surface area contributed by atoms with Gasteiger partial charge < -0.3 is 35.9 Å². The monoisotopic (exact) mass is 697 g/mol. The van der Waals surface area contributed by atoms with Gasteiger partial charge in [0.2, 0.25) is 5.91 Å². The second-order valence-electron chi connectivity index (χ2n) is 15.1. The molecule has 3 amide bonds. The van der Waals surface area contributed by atoms with E-state index >= 15 is 0 Å². The van der Waals surface area contributed by atoms with Crippen molar-refractivity contribution < 1.29 is 38.2 Å². The summed E-state index contributed by atoms with van der Waals surface area (Å²) in [6.07, 6.45) is 7.81. The average molecular weight is 698 g/mol. The molecule has 13 heteroatoms. The maximum absolute atomic E-state index is 13.1. The number of hydrogen-bond donors (Lipinski definition) is 4. The number of rotatable bonds is 15. The third-order valence-corrected chi connectivity index (χ3v) is 6.67. The number of aromatic nitrogens is 1. The third kappa shape index (κ3) is 16.7. The molecule has 1 aromatic carbocycles. The predicted molar refractivity (Wildman–Crippen MR) is 191 cm³/mol. The number of carbonyl (C=O) groups is 5. The molecule has 2 aromatic rings. The molecule has 1 aromatic heterocycles. The number of esters is 3. The Balaban J connectivity index is 1.98. The summed E-state index contributed by atoms with van der Waals surface area (Å²) in [5.41, 5.74) is 4.69. The molecule has 276 valence electrons. The number of allylic oxidation sites excluding steroid dienone is 1. The fourth-order valence-corrected chi connectivity index (χ4v) is 4.57. The van der Waals surface area contributed by atoms with E-state index in [-0.39, 0.29) is 18.7 Å². The van der Waals surface area contributed by atoms with Gasteiger partial charge in [-0.3, -0.25) is 14.6 Å². The summed E-state index contributed by atoms with van der Waals surface area (Å²) in [5.74, 6) is -2.27. The summed E-state index contributed by atoms with van der Waals surface area (Å²) >= 11 is 0. The quantitative estimate of drug-likeness (QED) is 0.0899. The first-order valence-corrected chi connectivity index (χ1v) is 16.9. The van der Waals surface area contributed by atoms with Crippen molar-refractivity contribution >= 4 is 40.6 Å². The second-order valence-corrected chi connectivity index (χ2v) is 15.1. The predicted octanol–water partition coefficient (Wildman–Crippen LogP) is 4.40. The van der Waals surface area contributed by atoms with Crippen LogP contribution in [0.5, 0.6) is 0 Å². The van der Waals surface area contributed by atoms with E-state index < -0.39 is 58.9 Å². The minimum atomic E-state index is -1.20. The minimum absolute atomic E-state index is 0.0840. The van der Waals surface area contributed by atoms with E-state index in [1.165, 1.54) is 6.08 Å². The zero-order valence-electron chi connectivity index (χ0n) is 30.9. The normalized spacial score (nSPS) is 14.0. The molecule has 0 spiro atoms. The van der Waals surface area contributed by atoms with Crippen molar-refractivity contribution in [2.45, 2.75) is 129 Å². The molecule has 5 N–H and O–H groups in total. The Labute approximate surface area is 295 Å². The number of fused-ring (bicyclic) bond motifs is 1. The van der Waals surface area contributed by atoms with Crippen LogP contribution in [0.1, 0.15) is 93.6 Å². The van der Waals surface area contributed by atoms with Crippen molar-refractivity contribution in [2.75, 3.05) is 6.54 Å². The van der Waals surface area contributed by atoms with Gasteiger partial charge in [-0.15, -0.1) is 0 Å². The number of amides is 3. The van der Waals surface area contributed by atoms with Crippen molar-refractivity contribution in [1.29, 1.82) is 0 Å². The molecular weight excluding hydrogens is 642 g/mol. The molecule has 0 unspecified atom stereocenters. The van der Waals surface area contributed by atoms with Crippen LogP contribution in [0.25, 0.3) is 10.8 Å². The van der Waals surface area contributed by atoms with Gasteiger partial charge in [0.1, 0.15) is 28.9 Å². The summed E-state index contributed by atoms with van der Waals surface area (Å²) in [5, 5.41) is 9.94. The van der Waals surface area contributed by atoms with Gasteiger partial charge in [-0.25, -0.2) is 14.4 Å². The van der Waals surface area contributed by atoms with Crippen LogP contribution in [0.2, 0.25) is 0 Å². The van der Waals surface area contributed by atoms with Crippen LogP contribution in [0.3, 0.4) is 0 Å². The number of nitrogens with one attached hydrogen (secondary N) is 3. The topological polar surface area (TPSA) is 188 Å². The molecule has 0 saturated heterocycles. The van der Waals surface area contributed by atoms with Crippen molar-refractivity contribution in [3.05, 3.63) is 54.4 Å². The number of hydrogen-bond acceptors (Lipinski definition) is 10. The van der Waals surface area contributed by atoms with Gasteiger partial charge in [-0.05, 0) is 111 Å². The first-order valence-electron chi connectivity index (χ1n) is 16.9. The maximum atomic E-state index is 13.1. The largest absolute Gasteiger partial charge is 0.460 e. The van der Waals surface area contributed by atoms with Gasteiger partial charge >= 0.3 is 23.9 Å². The van der Waals surface area contributed by atoms with E-state index in [0.29, 0.717) is 25.8 Å². The molecule has 0 fully saturated rings. The van der Waals surface area contributed by atoms with Crippen molar-refractivity contribution in [3.63, 3.8) is 0 Å². The van der Waals surface area contributed by atoms with E-state index in [4.69, 9.17) is 19.9 Å². The molecule has 2 rings (SSSR count). The molecular formula is C37H55N5O8. The van der Waals surface area contributed by atoms with Gasteiger partial charge in [0.25, 0.3) is 0 Å². The molecule has 50 heavy (non-hydrogen) atoms. The van der Waals surface area contributed by atoms with Gasteiger partial charge in [-0.1, -0.05) is 24.3 Å². The molecule has 0 aliphatic rings. The highest BCUT2D eigenvalue weighted by Crippen LogP contribution is 2.16. The summed E-state index contributed by atoms with van der Waals surface area (Å²) in [7, 11) is 0. The lowest BCUT2D eigenvalue weighted by atomic mass is 10.0. The molecule has 13 nitrogen and oxygen atoms in total. The van der Waals surface area contributed by atoms with Crippen LogP contribution in [0.4, 0.5) is 4.79 Å². The first-order chi connectivity index (χ1) is 23.1. The smallest absolute Gasteiger partial charge is 0.333 e. The Bertz CT molecular complexity index is 1500. The molecule has 0 saturated carbocycles. The molecule has 0 radical (unpaired) electrons. The van der Waals surface area contributed by atoms with Crippen molar-refractivity contribution in [1.82, 2.24) is 20.9 Å². The SMILES string of the molecule is CC(C)(C)OC(=O)CC[C@H](NC(=O)N[C@@H](/C=C/CCCNC(=O)[C@H](N)Cc1ccc2ccncc2c1)C(=O)OC(C)(C)C)C(=O)OC(C)(C)C. The average Bonchev–Trinajstić information content (AvgIpc) is 2.97. The lowest BCUT2D eigenvalue weighted by molar-refractivity contribution is -0.159. The molecule has 1 heterocycles. The number of nitrogens with zero attached hydrogens (tertiary/aromatic N) is 1. The number of unbranched alkanes of at least 4 members (excludes halogenated alkanes) is 1. The summed E-state index contributed by atoms with van der Waals surface area (Å²) < 4.78 is 16.3. The van der Waals surface area contributed by atoms with Crippen LogP contribution < -0.4 is 21.7 Å². The fraction of sp³-hybridized carbons (Fsp3) is 0.568. The number of ether oxygens (including phenoxy) is 3. The van der Waals surface area contributed by atoms with E-state index in [1.54, 1.807) is 80.8 Å². The van der Waals surface area contributed by atoms with E-state index in [0.717, 1.165) is 16.3 Å². The van der Waals surface area contributed by atoms with Gasteiger partial charge in [0.15, 0.2) is 0 Å². The first kappa shape index (κ1) is 41.7. The number of pyridine rings is 1. The van der Waals surface area contributed by atoms with E-state index in [9.17, 15) is 24.0 Å². The Morgan fingerprint density at radius 2 is 1.48 bits per heavy atom. The second kappa shape index (κ2) is 18.5. The Hall–Kier alpha value is -4.52. The zero-order valence-corrected chi connectivity index (χ0v) is 30.9. The van der Waals surface area contributed by atoms with Gasteiger partial charge in [-0.2, -0.15) is 0 Å². The van der Waals surface area contributed by atoms with Gasteiger partial charge in [0, 0.05) is 30.7 Å². The minimum Gasteiger partial charge on any atom is -0.460 e. The number of nitrogens with two attached hydrogens (primary N) is 1. The third-order valence-electron chi connectivity index (χ3n) is 6.67. The van der Waals surface area contributed by atoms with Crippen molar-refractivity contribution in [3.8, 4) is 0 Å². The highest BCUT2D eigenvalue weighted by Gasteiger charge is 2.30. The molecule has 3 atom stereocenters. The lowest BCUT2D eigenvalue weighted by Gasteiger charge is -2.26. The Morgan fingerprint density at radius 3 is 2.12 bits per heavy atom. The molecule has 0 aliphatic heterocycles. The van der Waals surface area contributed by atoms with E-state index in [1.807, 2.05) is 24.3 Å². The Kier molecular flexibility index (Phi) is 15.4. The maximum Gasteiger partial charge on any atom is 0.333 e. The van der Waals surface area contributed by atoms with Gasteiger partial charge in [0.05, 0.1) is 6.04 Å².